The Morgan fingerprint density at radius 2 is 1.78 bits per heavy atom. The molecule has 0 amide bonds. The minimum Gasteiger partial charge on any atom is -0.466 e. The van der Waals surface area contributed by atoms with E-state index in [1.807, 2.05) is 6.92 Å². The number of esters is 1. The highest BCUT2D eigenvalue weighted by Crippen LogP contribution is 1.98. The maximum absolute atomic E-state index is 11.0. The summed E-state index contributed by atoms with van der Waals surface area (Å²) in [6.07, 6.45) is 6.42. The van der Waals surface area contributed by atoms with Gasteiger partial charge >= 0.3 is 5.97 Å². The van der Waals surface area contributed by atoms with Crippen molar-refractivity contribution in [1.29, 1.82) is 0 Å². The largest absolute Gasteiger partial charge is 0.466 e. The van der Waals surface area contributed by atoms with E-state index in [-0.39, 0.29) is 5.97 Å². The van der Waals surface area contributed by atoms with Crippen LogP contribution >= 0.6 is 0 Å². The molecule has 0 aromatic carbocycles. The molecule has 0 aromatic rings. The Labute approximate surface area is 111 Å². The molecule has 0 aliphatic carbocycles. The third-order valence-electron chi connectivity index (χ3n) is 2.38. The number of unbranched alkanes of at least 4 members (excludes halogenated alkanes) is 3. The maximum Gasteiger partial charge on any atom is 0.305 e. The van der Waals surface area contributed by atoms with Crippen LogP contribution in [0, 0.1) is 11.8 Å². The third kappa shape index (κ3) is 13.1. The second-order valence-corrected chi connectivity index (χ2v) is 4.08. The van der Waals surface area contributed by atoms with Crippen LogP contribution in [0.2, 0.25) is 0 Å². The van der Waals surface area contributed by atoms with Crippen LogP contribution in [0.4, 0.5) is 0 Å². The van der Waals surface area contributed by atoms with Crippen molar-refractivity contribution in [3.8, 4) is 11.8 Å². The van der Waals surface area contributed by atoms with Gasteiger partial charge in [-0.15, -0.1) is 11.8 Å². The van der Waals surface area contributed by atoms with Crippen molar-refractivity contribution in [3.05, 3.63) is 0 Å². The number of rotatable bonds is 10. The Morgan fingerprint density at radius 1 is 1.00 bits per heavy atom. The predicted octanol–water partition coefficient (Wildman–Crippen LogP) is 3.32. The highest BCUT2D eigenvalue weighted by atomic mass is 16.5. The van der Waals surface area contributed by atoms with Gasteiger partial charge in [0.2, 0.25) is 0 Å². The van der Waals surface area contributed by atoms with Gasteiger partial charge in [0, 0.05) is 25.9 Å². The summed E-state index contributed by atoms with van der Waals surface area (Å²) in [7, 11) is 0. The van der Waals surface area contributed by atoms with E-state index in [1.54, 1.807) is 0 Å². The van der Waals surface area contributed by atoms with Gasteiger partial charge in [-0.1, -0.05) is 13.3 Å². The average molecular weight is 254 g/mol. The van der Waals surface area contributed by atoms with E-state index in [2.05, 4.69) is 18.8 Å². The van der Waals surface area contributed by atoms with Crippen LogP contribution < -0.4 is 0 Å². The first-order valence-corrected chi connectivity index (χ1v) is 7.00. The molecule has 18 heavy (non-hydrogen) atoms. The van der Waals surface area contributed by atoms with Gasteiger partial charge in [-0.25, -0.2) is 0 Å². The van der Waals surface area contributed by atoms with Crippen LogP contribution in [0.3, 0.4) is 0 Å². The molecule has 3 heteroatoms. The number of hydrogen-bond donors (Lipinski definition) is 0. The first-order chi connectivity index (χ1) is 8.81. The zero-order valence-electron chi connectivity index (χ0n) is 11.8. The Bertz CT molecular complexity index is 250. The summed E-state index contributed by atoms with van der Waals surface area (Å²) >= 11 is 0. The molecule has 0 aliphatic rings. The van der Waals surface area contributed by atoms with E-state index in [9.17, 15) is 4.79 Å². The summed E-state index contributed by atoms with van der Waals surface area (Å²) in [4.78, 5) is 11.0. The van der Waals surface area contributed by atoms with E-state index in [1.165, 1.54) is 12.8 Å². The van der Waals surface area contributed by atoms with Gasteiger partial charge in [-0.05, 0) is 26.2 Å². The van der Waals surface area contributed by atoms with E-state index < -0.39 is 0 Å². The first-order valence-electron chi connectivity index (χ1n) is 7.00. The molecule has 0 saturated heterocycles. The number of carbonyl (C=O) groups is 1. The molecule has 0 bridgehead atoms. The van der Waals surface area contributed by atoms with Gasteiger partial charge in [0.25, 0.3) is 0 Å². The van der Waals surface area contributed by atoms with E-state index >= 15 is 0 Å². The molecule has 0 aliphatic heterocycles. The smallest absolute Gasteiger partial charge is 0.305 e. The maximum atomic E-state index is 11.0. The molecule has 104 valence electrons. The Morgan fingerprint density at radius 3 is 2.50 bits per heavy atom. The number of ether oxygens (including phenoxy) is 2. The normalized spacial score (nSPS) is 9.67. The lowest BCUT2D eigenvalue weighted by atomic mass is 10.2. The summed E-state index contributed by atoms with van der Waals surface area (Å²) in [5.41, 5.74) is 0. The molecular weight excluding hydrogens is 228 g/mol. The third-order valence-corrected chi connectivity index (χ3v) is 2.38. The zero-order chi connectivity index (χ0) is 13.5. The van der Waals surface area contributed by atoms with Gasteiger partial charge in [0.1, 0.15) is 0 Å². The molecule has 0 N–H and O–H groups in total. The van der Waals surface area contributed by atoms with Crippen molar-refractivity contribution in [2.24, 2.45) is 0 Å². The quantitative estimate of drug-likeness (QED) is 0.341. The van der Waals surface area contributed by atoms with Crippen molar-refractivity contribution in [2.75, 3.05) is 19.8 Å². The summed E-state index contributed by atoms with van der Waals surface area (Å²) in [6.45, 7) is 5.85. The number of carbonyl (C=O) groups excluding carboxylic acids is 1. The van der Waals surface area contributed by atoms with Gasteiger partial charge in [0.05, 0.1) is 13.2 Å². The Hall–Kier alpha value is -1.01. The van der Waals surface area contributed by atoms with Crippen LogP contribution in [0.25, 0.3) is 0 Å². The first kappa shape index (κ1) is 17.0. The Kier molecular flexibility index (Phi) is 13.3. The molecular formula is C15H26O3. The molecule has 0 aromatic heterocycles. The minimum absolute atomic E-state index is 0.112. The van der Waals surface area contributed by atoms with Crippen LogP contribution in [-0.2, 0) is 14.3 Å². The second kappa shape index (κ2) is 14.1. The average Bonchev–Trinajstić information content (AvgIpc) is 2.36. The topological polar surface area (TPSA) is 35.5 Å². The summed E-state index contributed by atoms with van der Waals surface area (Å²) in [5.74, 6) is 6.11. The van der Waals surface area contributed by atoms with Crippen LogP contribution in [0.1, 0.15) is 58.8 Å². The van der Waals surface area contributed by atoms with Gasteiger partial charge < -0.3 is 9.47 Å². The summed E-state index contributed by atoms with van der Waals surface area (Å²) in [6, 6.07) is 0. The monoisotopic (exact) mass is 254 g/mol. The molecule has 3 nitrogen and oxygen atoms in total. The lowest BCUT2D eigenvalue weighted by Crippen LogP contribution is -2.04. The predicted molar refractivity (Wildman–Crippen MR) is 73.2 cm³/mol. The standard InChI is InChI=1S/C15H26O3/c1-3-5-6-7-8-10-13-17-14-11-9-12-15(16)18-4-2/h3-6,9-14H2,1-2H3. The molecule has 0 rings (SSSR count). The van der Waals surface area contributed by atoms with Crippen molar-refractivity contribution < 1.29 is 14.3 Å². The van der Waals surface area contributed by atoms with Crippen molar-refractivity contribution in [2.45, 2.75) is 58.8 Å². The Balaban J connectivity index is 3.15. The van der Waals surface area contributed by atoms with Crippen molar-refractivity contribution in [3.63, 3.8) is 0 Å². The highest BCUT2D eigenvalue weighted by Gasteiger charge is 2.00. The lowest BCUT2D eigenvalue weighted by Gasteiger charge is -2.02. The molecule has 0 saturated carbocycles. The molecule has 0 unspecified atom stereocenters. The molecule has 0 fully saturated rings. The van der Waals surface area contributed by atoms with Crippen LogP contribution in [-0.4, -0.2) is 25.8 Å². The van der Waals surface area contributed by atoms with Crippen molar-refractivity contribution in [1.82, 2.24) is 0 Å². The SMILES string of the molecule is CCCCC#CCCOCCCCC(=O)OCC. The lowest BCUT2D eigenvalue weighted by molar-refractivity contribution is -0.143. The van der Waals surface area contributed by atoms with Gasteiger partial charge in [-0.2, -0.15) is 0 Å². The van der Waals surface area contributed by atoms with E-state index in [0.717, 1.165) is 25.7 Å². The second-order valence-electron chi connectivity index (χ2n) is 4.08. The molecule has 0 spiro atoms. The van der Waals surface area contributed by atoms with Crippen LogP contribution in [0.15, 0.2) is 0 Å². The minimum atomic E-state index is -0.112. The van der Waals surface area contributed by atoms with E-state index in [0.29, 0.717) is 26.2 Å². The molecule has 0 radical (unpaired) electrons. The fourth-order valence-corrected chi connectivity index (χ4v) is 1.37. The fourth-order valence-electron chi connectivity index (χ4n) is 1.37. The van der Waals surface area contributed by atoms with Gasteiger partial charge in [-0.3, -0.25) is 4.79 Å². The highest BCUT2D eigenvalue weighted by molar-refractivity contribution is 5.69. The van der Waals surface area contributed by atoms with E-state index in [4.69, 9.17) is 9.47 Å². The number of hydrogen-bond acceptors (Lipinski definition) is 3. The van der Waals surface area contributed by atoms with Crippen molar-refractivity contribution >= 4 is 5.97 Å². The molecule has 0 heterocycles. The van der Waals surface area contributed by atoms with Crippen LogP contribution in [0.5, 0.6) is 0 Å². The summed E-state index contributed by atoms with van der Waals surface area (Å²) in [5, 5.41) is 0. The zero-order valence-corrected chi connectivity index (χ0v) is 11.8. The fraction of sp³-hybridized carbons (Fsp3) is 0.800. The van der Waals surface area contributed by atoms with Gasteiger partial charge in [0.15, 0.2) is 0 Å². The molecule has 0 atom stereocenters. The summed E-state index contributed by atoms with van der Waals surface area (Å²) < 4.78 is 10.3.